The van der Waals surface area contributed by atoms with Gasteiger partial charge in [-0.05, 0) is 35.9 Å². The van der Waals surface area contributed by atoms with Crippen LogP contribution in [-0.4, -0.2) is 6.61 Å². The summed E-state index contributed by atoms with van der Waals surface area (Å²) in [7, 11) is 0. The molecule has 1 aliphatic heterocycles. The lowest BCUT2D eigenvalue weighted by Gasteiger charge is -2.08. The van der Waals surface area contributed by atoms with E-state index in [0.29, 0.717) is 17.9 Å². The van der Waals surface area contributed by atoms with Gasteiger partial charge in [-0.25, -0.2) is 4.39 Å². The van der Waals surface area contributed by atoms with Gasteiger partial charge in [-0.3, -0.25) is 0 Å². The van der Waals surface area contributed by atoms with Gasteiger partial charge in [0.1, 0.15) is 30.5 Å². The van der Waals surface area contributed by atoms with E-state index in [2.05, 4.69) is 0 Å². The molecule has 2 aromatic carbocycles. The summed E-state index contributed by atoms with van der Waals surface area (Å²) in [5.41, 5.74) is 7.71. The number of hydrogen-bond acceptors (Lipinski definition) is 4. The Kier molecular flexibility index (Phi) is 3.46. The molecule has 0 saturated carbocycles. The number of ether oxygens (including phenoxy) is 2. The minimum absolute atomic E-state index is 0.101. The Labute approximate surface area is 121 Å². The van der Waals surface area contributed by atoms with Gasteiger partial charge in [0.25, 0.3) is 0 Å². The number of halogens is 1. The second kappa shape index (κ2) is 5.43. The van der Waals surface area contributed by atoms with Crippen molar-refractivity contribution >= 4 is 0 Å². The van der Waals surface area contributed by atoms with Crippen LogP contribution in [-0.2, 0) is 6.61 Å². The minimum atomic E-state index is -0.448. The molecule has 0 spiro atoms. The molecule has 21 heavy (non-hydrogen) atoms. The molecule has 0 amide bonds. The predicted molar refractivity (Wildman–Crippen MR) is 74.3 cm³/mol. The van der Waals surface area contributed by atoms with Gasteiger partial charge in [-0.2, -0.15) is 5.26 Å². The fourth-order valence-electron chi connectivity index (χ4n) is 2.27. The third-order valence-electron chi connectivity index (χ3n) is 3.30. The topological polar surface area (TPSA) is 68.3 Å². The van der Waals surface area contributed by atoms with Crippen molar-refractivity contribution in [2.45, 2.75) is 12.6 Å². The van der Waals surface area contributed by atoms with Crippen molar-refractivity contribution in [3.8, 4) is 17.6 Å². The van der Waals surface area contributed by atoms with Crippen LogP contribution >= 0.6 is 0 Å². The van der Waals surface area contributed by atoms with Crippen LogP contribution in [0.3, 0.4) is 0 Å². The fourth-order valence-corrected chi connectivity index (χ4v) is 2.27. The maximum atomic E-state index is 13.3. The number of benzene rings is 2. The lowest BCUT2D eigenvalue weighted by atomic mass is 10.1. The SMILES string of the molecule is N#Cc1cc(F)cc(COc2ccc3c(c2)OCC3N)c1. The second-order valence-corrected chi connectivity index (χ2v) is 4.87. The van der Waals surface area contributed by atoms with Crippen LogP contribution < -0.4 is 15.2 Å². The first-order valence-electron chi connectivity index (χ1n) is 6.50. The molecule has 4 nitrogen and oxygen atoms in total. The molecule has 0 bridgehead atoms. The zero-order valence-electron chi connectivity index (χ0n) is 11.2. The molecule has 3 rings (SSSR count). The van der Waals surface area contributed by atoms with Crippen LogP contribution in [0.15, 0.2) is 36.4 Å². The van der Waals surface area contributed by atoms with E-state index in [9.17, 15) is 4.39 Å². The number of nitriles is 1. The molecule has 0 aliphatic carbocycles. The van der Waals surface area contributed by atoms with Gasteiger partial charge in [0.2, 0.25) is 0 Å². The molecule has 1 heterocycles. The number of nitrogens with zero attached hydrogens (tertiary/aromatic N) is 1. The van der Waals surface area contributed by atoms with E-state index < -0.39 is 5.82 Å². The fraction of sp³-hybridized carbons (Fsp3) is 0.188. The van der Waals surface area contributed by atoms with Gasteiger partial charge in [0.05, 0.1) is 17.7 Å². The van der Waals surface area contributed by atoms with E-state index in [4.69, 9.17) is 20.5 Å². The first kappa shape index (κ1) is 13.4. The molecule has 2 N–H and O–H groups in total. The zero-order valence-corrected chi connectivity index (χ0v) is 11.2. The van der Waals surface area contributed by atoms with Crippen molar-refractivity contribution in [2.75, 3.05) is 6.61 Å². The Hall–Kier alpha value is -2.58. The van der Waals surface area contributed by atoms with E-state index in [1.54, 1.807) is 18.2 Å². The summed E-state index contributed by atoms with van der Waals surface area (Å²) in [4.78, 5) is 0. The van der Waals surface area contributed by atoms with E-state index >= 15 is 0 Å². The molecular formula is C16H13FN2O2. The summed E-state index contributed by atoms with van der Waals surface area (Å²) in [6, 6.07) is 11.4. The van der Waals surface area contributed by atoms with E-state index in [1.165, 1.54) is 12.1 Å². The highest BCUT2D eigenvalue weighted by atomic mass is 19.1. The molecule has 1 unspecified atom stereocenters. The summed E-state index contributed by atoms with van der Waals surface area (Å²) in [6.07, 6.45) is 0. The Balaban J connectivity index is 1.74. The lowest BCUT2D eigenvalue weighted by Crippen LogP contribution is -2.10. The highest BCUT2D eigenvalue weighted by molar-refractivity contribution is 5.45. The first-order valence-corrected chi connectivity index (χ1v) is 6.50. The average molecular weight is 284 g/mol. The average Bonchev–Trinajstić information content (AvgIpc) is 2.85. The highest BCUT2D eigenvalue weighted by Crippen LogP contribution is 2.34. The van der Waals surface area contributed by atoms with Crippen molar-refractivity contribution in [1.82, 2.24) is 0 Å². The molecule has 106 valence electrons. The predicted octanol–water partition coefficient (Wildman–Crippen LogP) is 2.67. The summed E-state index contributed by atoms with van der Waals surface area (Å²) in [5.74, 6) is 0.887. The quantitative estimate of drug-likeness (QED) is 0.940. The zero-order chi connectivity index (χ0) is 14.8. The highest BCUT2D eigenvalue weighted by Gasteiger charge is 2.20. The van der Waals surface area contributed by atoms with Crippen LogP contribution in [0, 0.1) is 17.1 Å². The Morgan fingerprint density at radius 1 is 1.33 bits per heavy atom. The van der Waals surface area contributed by atoms with Gasteiger partial charge >= 0.3 is 0 Å². The number of rotatable bonds is 3. The van der Waals surface area contributed by atoms with Crippen LogP contribution in [0.4, 0.5) is 4.39 Å². The third kappa shape index (κ3) is 2.81. The van der Waals surface area contributed by atoms with E-state index in [1.807, 2.05) is 12.1 Å². The van der Waals surface area contributed by atoms with Crippen molar-refractivity contribution in [3.63, 3.8) is 0 Å². The molecule has 0 fully saturated rings. The number of fused-ring (bicyclic) bond motifs is 1. The van der Waals surface area contributed by atoms with Crippen molar-refractivity contribution < 1.29 is 13.9 Å². The molecule has 2 aromatic rings. The molecule has 5 heteroatoms. The number of hydrogen-bond donors (Lipinski definition) is 1. The van der Waals surface area contributed by atoms with Gasteiger partial charge in [0, 0.05) is 11.6 Å². The van der Waals surface area contributed by atoms with Crippen molar-refractivity contribution in [1.29, 1.82) is 5.26 Å². The van der Waals surface area contributed by atoms with E-state index in [0.717, 1.165) is 11.3 Å². The molecular weight excluding hydrogens is 271 g/mol. The first-order chi connectivity index (χ1) is 10.2. The minimum Gasteiger partial charge on any atom is -0.491 e. The van der Waals surface area contributed by atoms with Crippen molar-refractivity contribution in [3.05, 3.63) is 58.9 Å². The van der Waals surface area contributed by atoms with Gasteiger partial charge in [0.15, 0.2) is 0 Å². The lowest BCUT2D eigenvalue weighted by molar-refractivity contribution is 0.300. The second-order valence-electron chi connectivity index (χ2n) is 4.87. The van der Waals surface area contributed by atoms with Gasteiger partial charge in [-0.1, -0.05) is 0 Å². The summed E-state index contributed by atoms with van der Waals surface area (Å²) >= 11 is 0. The number of nitrogens with two attached hydrogens (primary N) is 1. The summed E-state index contributed by atoms with van der Waals surface area (Å²) in [6.45, 7) is 0.644. The summed E-state index contributed by atoms with van der Waals surface area (Å²) < 4.78 is 24.4. The molecule has 1 atom stereocenters. The smallest absolute Gasteiger partial charge is 0.127 e. The van der Waals surface area contributed by atoms with Gasteiger partial charge < -0.3 is 15.2 Å². The van der Waals surface area contributed by atoms with E-state index in [-0.39, 0.29) is 18.2 Å². The largest absolute Gasteiger partial charge is 0.491 e. The molecule has 0 aromatic heterocycles. The Morgan fingerprint density at radius 3 is 3.00 bits per heavy atom. The Bertz CT molecular complexity index is 725. The molecule has 0 saturated heterocycles. The van der Waals surface area contributed by atoms with Crippen LogP contribution in [0.25, 0.3) is 0 Å². The maximum absolute atomic E-state index is 13.3. The van der Waals surface area contributed by atoms with Gasteiger partial charge in [-0.15, -0.1) is 0 Å². The normalized spacial score (nSPS) is 16.0. The molecule has 0 radical (unpaired) electrons. The molecule has 1 aliphatic rings. The third-order valence-corrected chi connectivity index (χ3v) is 3.30. The standard InChI is InChI=1S/C16H13FN2O2/c17-12-4-10(7-18)3-11(5-12)8-20-13-1-2-14-15(19)9-21-16(14)6-13/h1-6,15H,8-9,19H2. The Morgan fingerprint density at radius 2 is 2.19 bits per heavy atom. The van der Waals surface area contributed by atoms with Crippen LogP contribution in [0.1, 0.15) is 22.7 Å². The maximum Gasteiger partial charge on any atom is 0.127 e. The van der Waals surface area contributed by atoms with Crippen molar-refractivity contribution in [2.24, 2.45) is 5.73 Å². The summed E-state index contributed by atoms with van der Waals surface area (Å²) in [5, 5.41) is 8.82. The van der Waals surface area contributed by atoms with Crippen LogP contribution in [0.2, 0.25) is 0 Å². The monoisotopic (exact) mass is 284 g/mol. The van der Waals surface area contributed by atoms with Crippen LogP contribution in [0.5, 0.6) is 11.5 Å².